The predicted octanol–water partition coefficient (Wildman–Crippen LogP) is 3.57. The van der Waals surface area contributed by atoms with Gasteiger partial charge < -0.3 is 10.3 Å². The summed E-state index contributed by atoms with van der Waals surface area (Å²) in [5, 5.41) is 0. The van der Waals surface area contributed by atoms with Crippen LogP contribution in [0.5, 0.6) is 0 Å². The molecule has 2 N–H and O–H groups in total. The number of fused-ring (bicyclic) bond motifs is 1. The lowest BCUT2D eigenvalue weighted by Crippen LogP contribution is -2.00. The molecule has 0 aliphatic heterocycles. The smallest absolute Gasteiger partial charge is 0.141 e. The topological polar surface area (TPSA) is 43.8 Å². The fourth-order valence-corrected chi connectivity index (χ4v) is 2.54. The molecule has 102 valence electrons. The van der Waals surface area contributed by atoms with Crippen LogP contribution in [0.2, 0.25) is 0 Å². The van der Waals surface area contributed by atoms with Crippen LogP contribution in [-0.2, 0) is 13.1 Å². The minimum Gasteiger partial charge on any atom is -0.326 e. The van der Waals surface area contributed by atoms with E-state index in [0.29, 0.717) is 6.54 Å². The molecule has 1 heterocycles. The molecular weight excluding hydrogens is 246 g/mol. The van der Waals surface area contributed by atoms with Gasteiger partial charge in [-0.3, -0.25) is 0 Å². The van der Waals surface area contributed by atoms with Crippen LogP contribution in [0.1, 0.15) is 18.9 Å². The molecule has 2 aromatic carbocycles. The number of aromatic nitrogens is 2. The van der Waals surface area contributed by atoms with Crippen LogP contribution >= 0.6 is 0 Å². The second-order valence-electron chi connectivity index (χ2n) is 4.98. The van der Waals surface area contributed by atoms with E-state index in [1.54, 1.807) is 0 Å². The number of benzene rings is 2. The van der Waals surface area contributed by atoms with E-state index >= 15 is 0 Å². The second-order valence-corrected chi connectivity index (χ2v) is 4.98. The van der Waals surface area contributed by atoms with E-state index in [-0.39, 0.29) is 0 Å². The minimum atomic E-state index is 0.575. The highest BCUT2D eigenvalue weighted by Crippen LogP contribution is 2.25. The maximum atomic E-state index is 5.66. The lowest BCUT2D eigenvalue weighted by molar-refractivity contribution is 0.704. The van der Waals surface area contributed by atoms with Crippen molar-refractivity contribution in [3.8, 4) is 11.4 Å². The molecule has 0 spiro atoms. The first-order valence-electron chi connectivity index (χ1n) is 7.08. The summed E-state index contributed by atoms with van der Waals surface area (Å²) in [6.45, 7) is 3.75. The molecule has 1 aromatic heterocycles. The predicted molar refractivity (Wildman–Crippen MR) is 83.4 cm³/mol. The highest BCUT2D eigenvalue weighted by molar-refractivity contribution is 5.80. The van der Waals surface area contributed by atoms with E-state index in [1.807, 2.05) is 6.07 Å². The van der Waals surface area contributed by atoms with Crippen LogP contribution in [0.3, 0.4) is 0 Å². The van der Waals surface area contributed by atoms with Crippen LogP contribution in [-0.4, -0.2) is 9.55 Å². The van der Waals surface area contributed by atoms with Gasteiger partial charge in [0.15, 0.2) is 0 Å². The van der Waals surface area contributed by atoms with Gasteiger partial charge in [0.2, 0.25) is 0 Å². The van der Waals surface area contributed by atoms with Gasteiger partial charge in [-0.25, -0.2) is 4.98 Å². The summed E-state index contributed by atoms with van der Waals surface area (Å²) in [6.07, 6.45) is 1.09. The van der Waals surface area contributed by atoms with Crippen molar-refractivity contribution in [1.82, 2.24) is 9.55 Å². The molecule has 20 heavy (non-hydrogen) atoms. The van der Waals surface area contributed by atoms with Gasteiger partial charge in [0.05, 0.1) is 11.0 Å². The Morgan fingerprint density at radius 1 is 1.05 bits per heavy atom. The van der Waals surface area contributed by atoms with E-state index in [1.165, 1.54) is 5.52 Å². The van der Waals surface area contributed by atoms with Gasteiger partial charge >= 0.3 is 0 Å². The van der Waals surface area contributed by atoms with Crippen molar-refractivity contribution in [3.05, 3.63) is 54.1 Å². The largest absolute Gasteiger partial charge is 0.326 e. The molecule has 3 nitrogen and oxygen atoms in total. The fraction of sp³-hybridized carbons (Fsp3) is 0.235. The van der Waals surface area contributed by atoms with Gasteiger partial charge in [-0.05, 0) is 24.1 Å². The number of imidazole rings is 1. The number of para-hydroxylation sites is 2. The normalized spacial score (nSPS) is 11.1. The van der Waals surface area contributed by atoms with Gasteiger partial charge in [-0.1, -0.05) is 43.3 Å². The lowest BCUT2D eigenvalue weighted by Gasteiger charge is -2.08. The number of hydrogen-bond donors (Lipinski definition) is 1. The van der Waals surface area contributed by atoms with Gasteiger partial charge in [-0.2, -0.15) is 0 Å². The number of hydrogen-bond acceptors (Lipinski definition) is 2. The summed E-state index contributed by atoms with van der Waals surface area (Å²) >= 11 is 0. The average Bonchev–Trinajstić information content (AvgIpc) is 2.87. The third kappa shape index (κ3) is 2.21. The molecule has 0 saturated carbocycles. The molecule has 0 saturated heterocycles. The van der Waals surface area contributed by atoms with E-state index in [2.05, 4.69) is 54.0 Å². The Balaban J connectivity index is 2.15. The Morgan fingerprint density at radius 2 is 1.80 bits per heavy atom. The minimum absolute atomic E-state index is 0.575. The third-order valence-electron chi connectivity index (χ3n) is 3.55. The van der Waals surface area contributed by atoms with Crippen molar-refractivity contribution in [2.45, 2.75) is 26.4 Å². The zero-order valence-electron chi connectivity index (χ0n) is 11.7. The summed E-state index contributed by atoms with van der Waals surface area (Å²) in [4.78, 5) is 4.79. The van der Waals surface area contributed by atoms with Crippen LogP contribution in [0.4, 0.5) is 0 Å². The molecule has 0 aliphatic carbocycles. The lowest BCUT2D eigenvalue weighted by atomic mass is 10.1. The Kier molecular flexibility index (Phi) is 3.52. The molecule has 3 aromatic rings. The standard InChI is InChI=1S/C17H19N3/c1-2-11-20-16-6-4-3-5-15(16)19-17(20)14-9-7-13(12-18)8-10-14/h3-10H,2,11-12,18H2,1H3. The Hall–Kier alpha value is -2.13. The third-order valence-corrected chi connectivity index (χ3v) is 3.55. The van der Waals surface area contributed by atoms with Gasteiger partial charge in [0, 0.05) is 18.7 Å². The monoisotopic (exact) mass is 265 g/mol. The molecule has 0 radical (unpaired) electrons. The first-order chi connectivity index (χ1) is 9.83. The molecule has 0 atom stereocenters. The maximum Gasteiger partial charge on any atom is 0.141 e. The van der Waals surface area contributed by atoms with Crippen molar-refractivity contribution in [1.29, 1.82) is 0 Å². The van der Waals surface area contributed by atoms with Crippen LogP contribution < -0.4 is 5.73 Å². The molecule has 0 unspecified atom stereocenters. The van der Waals surface area contributed by atoms with Gasteiger partial charge in [0.1, 0.15) is 5.82 Å². The van der Waals surface area contributed by atoms with Gasteiger partial charge in [0.25, 0.3) is 0 Å². The van der Waals surface area contributed by atoms with Crippen LogP contribution in [0, 0.1) is 0 Å². The van der Waals surface area contributed by atoms with Crippen molar-refractivity contribution in [2.24, 2.45) is 5.73 Å². The first kappa shape index (κ1) is 12.9. The quantitative estimate of drug-likeness (QED) is 0.783. The molecule has 0 fully saturated rings. The highest BCUT2D eigenvalue weighted by Gasteiger charge is 2.11. The fourth-order valence-electron chi connectivity index (χ4n) is 2.54. The van der Waals surface area contributed by atoms with Crippen molar-refractivity contribution >= 4 is 11.0 Å². The van der Waals surface area contributed by atoms with E-state index in [9.17, 15) is 0 Å². The number of nitrogens with two attached hydrogens (primary N) is 1. The molecule has 3 rings (SSSR count). The highest BCUT2D eigenvalue weighted by atomic mass is 15.1. The zero-order valence-corrected chi connectivity index (χ0v) is 11.7. The molecule has 0 aliphatic rings. The van der Waals surface area contributed by atoms with Crippen LogP contribution in [0.15, 0.2) is 48.5 Å². The SMILES string of the molecule is CCCn1c(-c2ccc(CN)cc2)nc2ccccc21. The van der Waals surface area contributed by atoms with Crippen molar-refractivity contribution in [3.63, 3.8) is 0 Å². The van der Waals surface area contributed by atoms with Gasteiger partial charge in [-0.15, -0.1) is 0 Å². The second kappa shape index (κ2) is 5.47. The Labute approximate surface area is 119 Å². The molecular formula is C17H19N3. The molecule has 0 amide bonds. The first-order valence-corrected chi connectivity index (χ1v) is 7.08. The van der Waals surface area contributed by atoms with E-state index in [4.69, 9.17) is 10.7 Å². The Morgan fingerprint density at radius 3 is 2.50 bits per heavy atom. The zero-order chi connectivity index (χ0) is 13.9. The number of rotatable bonds is 4. The number of nitrogens with zero attached hydrogens (tertiary/aromatic N) is 2. The van der Waals surface area contributed by atoms with Crippen molar-refractivity contribution < 1.29 is 0 Å². The summed E-state index contributed by atoms with van der Waals surface area (Å²) in [5.41, 5.74) is 10.2. The summed E-state index contributed by atoms with van der Waals surface area (Å²) in [5.74, 6) is 1.04. The molecule has 3 heteroatoms. The van der Waals surface area contributed by atoms with E-state index < -0.39 is 0 Å². The average molecular weight is 265 g/mol. The Bertz CT molecular complexity index is 711. The maximum absolute atomic E-state index is 5.66. The summed E-state index contributed by atoms with van der Waals surface area (Å²) in [7, 11) is 0. The molecule has 0 bridgehead atoms. The van der Waals surface area contributed by atoms with Crippen molar-refractivity contribution in [2.75, 3.05) is 0 Å². The summed E-state index contributed by atoms with van der Waals surface area (Å²) in [6, 6.07) is 16.7. The van der Waals surface area contributed by atoms with Crippen LogP contribution in [0.25, 0.3) is 22.4 Å². The summed E-state index contributed by atoms with van der Waals surface area (Å²) < 4.78 is 2.30. The van der Waals surface area contributed by atoms with E-state index in [0.717, 1.165) is 35.4 Å². The number of aryl methyl sites for hydroxylation is 1.